The number of aromatic nitrogens is 1. The summed E-state index contributed by atoms with van der Waals surface area (Å²) < 4.78 is 30.1. The van der Waals surface area contributed by atoms with Crippen molar-refractivity contribution in [3.8, 4) is 0 Å². The predicted octanol–water partition coefficient (Wildman–Crippen LogP) is 2.06. The standard InChI is InChI=1S/C10H11ClF2N2O2/c1-17-7(16)2-5-4-15-6(3-11)9(14)8(5)10(12)13/h4,10H,2-3,14H2,1H3. The van der Waals surface area contributed by atoms with Gasteiger partial charge in [-0.25, -0.2) is 8.78 Å². The molecule has 0 fully saturated rings. The highest BCUT2D eigenvalue weighted by molar-refractivity contribution is 6.17. The van der Waals surface area contributed by atoms with Gasteiger partial charge in [0.2, 0.25) is 0 Å². The molecule has 0 aliphatic heterocycles. The molecule has 94 valence electrons. The minimum Gasteiger partial charge on any atom is -0.469 e. The molecule has 1 rings (SSSR count). The summed E-state index contributed by atoms with van der Waals surface area (Å²) >= 11 is 5.52. The number of methoxy groups -OCH3 is 1. The molecule has 4 nitrogen and oxygen atoms in total. The lowest BCUT2D eigenvalue weighted by atomic mass is 10.0. The quantitative estimate of drug-likeness (QED) is 0.668. The lowest BCUT2D eigenvalue weighted by molar-refractivity contribution is -0.139. The van der Waals surface area contributed by atoms with E-state index < -0.39 is 18.0 Å². The first-order valence-corrected chi connectivity index (χ1v) is 5.21. The number of hydrogen-bond donors (Lipinski definition) is 1. The molecule has 0 atom stereocenters. The second-order valence-corrected chi connectivity index (χ2v) is 3.51. The van der Waals surface area contributed by atoms with Crippen molar-refractivity contribution in [3.05, 3.63) is 23.0 Å². The topological polar surface area (TPSA) is 65.2 Å². The summed E-state index contributed by atoms with van der Waals surface area (Å²) in [6.45, 7) is 0. The third-order valence-corrected chi connectivity index (χ3v) is 2.48. The fourth-order valence-electron chi connectivity index (χ4n) is 1.36. The van der Waals surface area contributed by atoms with Crippen LogP contribution in [0.25, 0.3) is 0 Å². The Balaban J connectivity index is 3.21. The van der Waals surface area contributed by atoms with Gasteiger partial charge in [-0.05, 0) is 5.56 Å². The number of carbonyl (C=O) groups is 1. The van der Waals surface area contributed by atoms with Crippen molar-refractivity contribution in [1.29, 1.82) is 0 Å². The summed E-state index contributed by atoms with van der Waals surface area (Å²) in [5.41, 5.74) is 5.19. The lowest BCUT2D eigenvalue weighted by Crippen LogP contribution is -2.11. The second kappa shape index (κ2) is 5.77. The number of nitrogen functional groups attached to an aromatic ring is 1. The highest BCUT2D eigenvalue weighted by atomic mass is 35.5. The van der Waals surface area contributed by atoms with E-state index in [4.69, 9.17) is 17.3 Å². The number of hydrogen-bond acceptors (Lipinski definition) is 4. The molecule has 2 N–H and O–H groups in total. The second-order valence-electron chi connectivity index (χ2n) is 3.24. The summed E-state index contributed by atoms with van der Waals surface area (Å²) in [6.07, 6.45) is -1.91. The van der Waals surface area contributed by atoms with Gasteiger partial charge >= 0.3 is 5.97 Å². The van der Waals surface area contributed by atoms with Crippen LogP contribution in [0.15, 0.2) is 6.20 Å². The first-order chi connectivity index (χ1) is 8.01. The smallest absolute Gasteiger partial charge is 0.310 e. The summed E-state index contributed by atoms with van der Waals surface area (Å²) in [7, 11) is 1.17. The van der Waals surface area contributed by atoms with Gasteiger partial charge in [-0.1, -0.05) is 0 Å². The SMILES string of the molecule is COC(=O)Cc1cnc(CCl)c(N)c1C(F)F. The number of halogens is 3. The van der Waals surface area contributed by atoms with Gasteiger partial charge in [-0.15, -0.1) is 11.6 Å². The Morgan fingerprint density at radius 3 is 2.76 bits per heavy atom. The van der Waals surface area contributed by atoms with Crippen molar-refractivity contribution < 1.29 is 18.3 Å². The van der Waals surface area contributed by atoms with Gasteiger partial charge in [0.05, 0.1) is 30.8 Å². The summed E-state index contributed by atoms with van der Waals surface area (Å²) in [5, 5.41) is 0. The van der Waals surface area contributed by atoms with Crippen LogP contribution in [-0.4, -0.2) is 18.1 Å². The van der Waals surface area contributed by atoms with E-state index in [0.29, 0.717) is 0 Å². The van der Waals surface area contributed by atoms with Crippen LogP contribution in [0.2, 0.25) is 0 Å². The van der Waals surface area contributed by atoms with E-state index in [2.05, 4.69) is 9.72 Å². The molecule has 0 radical (unpaired) electrons. The van der Waals surface area contributed by atoms with Gasteiger partial charge < -0.3 is 10.5 Å². The highest BCUT2D eigenvalue weighted by Gasteiger charge is 2.21. The van der Waals surface area contributed by atoms with Gasteiger partial charge in [0.1, 0.15) is 0 Å². The van der Waals surface area contributed by atoms with Crippen LogP contribution in [-0.2, 0) is 21.8 Å². The van der Waals surface area contributed by atoms with E-state index in [-0.39, 0.29) is 29.2 Å². The van der Waals surface area contributed by atoms with Gasteiger partial charge in [0.15, 0.2) is 0 Å². The molecule has 0 aliphatic carbocycles. The summed E-state index contributed by atoms with van der Waals surface area (Å²) in [6, 6.07) is 0. The molecule has 17 heavy (non-hydrogen) atoms. The van der Waals surface area contributed by atoms with Gasteiger partial charge in [-0.3, -0.25) is 9.78 Å². The largest absolute Gasteiger partial charge is 0.469 e. The number of pyridine rings is 1. The molecule has 0 spiro atoms. The molecule has 1 aromatic rings. The van der Waals surface area contributed by atoms with Crippen LogP contribution in [0, 0.1) is 0 Å². The van der Waals surface area contributed by atoms with E-state index in [1.54, 1.807) is 0 Å². The number of alkyl halides is 3. The number of carbonyl (C=O) groups excluding carboxylic acids is 1. The molecule has 1 aromatic heterocycles. The molecule has 0 bridgehead atoms. The number of ether oxygens (including phenoxy) is 1. The summed E-state index contributed by atoms with van der Waals surface area (Å²) in [4.78, 5) is 14.9. The van der Waals surface area contributed by atoms with Crippen molar-refractivity contribution in [2.45, 2.75) is 18.7 Å². The van der Waals surface area contributed by atoms with E-state index >= 15 is 0 Å². The molecule has 0 aliphatic rings. The molecule has 0 saturated heterocycles. The third kappa shape index (κ3) is 3.03. The molecule has 0 unspecified atom stereocenters. The molecule has 1 heterocycles. The number of esters is 1. The molecule has 0 saturated carbocycles. The zero-order valence-electron chi connectivity index (χ0n) is 9.04. The van der Waals surface area contributed by atoms with Crippen molar-refractivity contribution in [2.75, 3.05) is 12.8 Å². The minimum absolute atomic E-state index is 0.0539. The van der Waals surface area contributed by atoms with Crippen molar-refractivity contribution in [3.63, 3.8) is 0 Å². The third-order valence-electron chi connectivity index (χ3n) is 2.23. The monoisotopic (exact) mass is 264 g/mol. The maximum atomic E-state index is 12.9. The normalized spacial score (nSPS) is 10.6. The van der Waals surface area contributed by atoms with Crippen LogP contribution >= 0.6 is 11.6 Å². The number of rotatable bonds is 4. The Hall–Kier alpha value is -1.43. The average molecular weight is 265 g/mol. The Morgan fingerprint density at radius 2 is 2.29 bits per heavy atom. The fourth-order valence-corrected chi connectivity index (χ4v) is 1.57. The van der Waals surface area contributed by atoms with Gasteiger partial charge in [0, 0.05) is 11.8 Å². The van der Waals surface area contributed by atoms with Crippen LogP contribution in [0.3, 0.4) is 0 Å². The van der Waals surface area contributed by atoms with Crippen LogP contribution in [0.5, 0.6) is 0 Å². The average Bonchev–Trinajstić information content (AvgIpc) is 2.28. The Labute approximate surface area is 102 Å². The minimum atomic E-state index is -2.79. The predicted molar refractivity (Wildman–Crippen MR) is 58.9 cm³/mol. The first kappa shape index (κ1) is 13.6. The summed E-state index contributed by atoms with van der Waals surface area (Å²) in [5.74, 6) is -0.698. The zero-order valence-corrected chi connectivity index (χ0v) is 9.80. The maximum absolute atomic E-state index is 12.9. The molecule has 0 amide bonds. The molecular formula is C10H11ClF2N2O2. The van der Waals surface area contributed by atoms with Crippen molar-refractivity contribution >= 4 is 23.3 Å². The van der Waals surface area contributed by atoms with E-state index in [1.807, 2.05) is 0 Å². The van der Waals surface area contributed by atoms with E-state index in [1.165, 1.54) is 13.3 Å². The zero-order chi connectivity index (χ0) is 13.0. The van der Waals surface area contributed by atoms with E-state index in [9.17, 15) is 13.6 Å². The fraction of sp³-hybridized carbons (Fsp3) is 0.400. The van der Waals surface area contributed by atoms with Crippen LogP contribution in [0.1, 0.15) is 23.2 Å². The van der Waals surface area contributed by atoms with Crippen molar-refractivity contribution in [1.82, 2.24) is 4.98 Å². The Morgan fingerprint density at radius 1 is 1.65 bits per heavy atom. The number of nitrogens with two attached hydrogens (primary N) is 1. The van der Waals surface area contributed by atoms with Crippen LogP contribution < -0.4 is 5.73 Å². The van der Waals surface area contributed by atoms with Gasteiger partial charge in [-0.2, -0.15) is 0 Å². The Kier molecular flexibility index (Phi) is 4.62. The highest BCUT2D eigenvalue weighted by Crippen LogP contribution is 2.31. The first-order valence-electron chi connectivity index (χ1n) is 4.68. The van der Waals surface area contributed by atoms with Crippen LogP contribution in [0.4, 0.5) is 14.5 Å². The number of nitrogens with zero attached hydrogens (tertiary/aromatic N) is 1. The Bertz CT molecular complexity index is 427. The number of anilines is 1. The lowest BCUT2D eigenvalue weighted by Gasteiger charge is -2.12. The van der Waals surface area contributed by atoms with E-state index in [0.717, 1.165) is 0 Å². The molecule has 0 aromatic carbocycles. The van der Waals surface area contributed by atoms with Crippen molar-refractivity contribution in [2.24, 2.45) is 0 Å². The molecular weight excluding hydrogens is 254 g/mol. The van der Waals surface area contributed by atoms with Gasteiger partial charge in [0.25, 0.3) is 6.43 Å². The maximum Gasteiger partial charge on any atom is 0.310 e. The molecule has 7 heteroatoms.